The maximum absolute atomic E-state index is 12.4. The number of methoxy groups -OCH3 is 2. The Bertz CT molecular complexity index is 577. The first kappa shape index (κ1) is 18.5. The smallest absolute Gasteiger partial charge is 0.234 e. The lowest BCUT2D eigenvalue weighted by Crippen LogP contribution is -2.52. The van der Waals surface area contributed by atoms with Gasteiger partial charge in [0.05, 0.1) is 26.8 Å². The van der Waals surface area contributed by atoms with E-state index in [9.17, 15) is 4.79 Å². The maximum atomic E-state index is 12.4. The lowest BCUT2D eigenvalue weighted by Gasteiger charge is -2.33. The van der Waals surface area contributed by atoms with Gasteiger partial charge in [0.15, 0.2) is 11.5 Å². The summed E-state index contributed by atoms with van der Waals surface area (Å²) in [5, 5.41) is 6.43. The van der Waals surface area contributed by atoms with Gasteiger partial charge in [-0.25, -0.2) is 0 Å². The molecule has 1 aromatic carbocycles. The molecule has 1 heterocycles. The molecule has 1 fully saturated rings. The molecule has 6 nitrogen and oxygen atoms in total. The van der Waals surface area contributed by atoms with E-state index in [4.69, 9.17) is 9.47 Å². The van der Waals surface area contributed by atoms with Gasteiger partial charge in [0.25, 0.3) is 0 Å². The summed E-state index contributed by atoms with van der Waals surface area (Å²) in [6, 6.07) is 4.17. The van der Waals surface area contributed by atoms with E-state index in [0.717, 1.165) is 30.8 Å². The second-order valence-corrected chi connectivity index (χ2v) is 6.38. The minimum absolute atomic E-state index is 0.0467. The summed E-state index contributed by atoms with van der Waals surface area (Å²) < 4.78 is 10.7. The number of benzene rings is 1. The fourth-order valence-electron chi connectivity index (χ4n) is 3.13. The molecule has 1 aromatic rings. The number of carbonyl (C=O) groups is 1. The van der Waals surface area contributed by atoms with Gasteiger partial charge in [-0.3, -0.25) is 9.69 Å². The van der Waals surface area contributed by atoms with Crippen LogP contribution in [0.4, 0.5) is 0 Å². The monoisotopic (exact) mass is 335 g/mol. The Labute approximate surface area is 144 Å². The Hall–Kier alpha value is -1.79. The summed E-state index contributed by atoms with van der Waals surface area (Å²) in [6.07, 6.45) is 0. The molecule has 0 saturated carbocycles. The first-order chi connectivity index (χ1) is 11.5. The molecule has 2 rings (SSSR count). The number of nitrogens with one attached hydrogen (secondary N) is 2. The zero-order chi connectivity index (χ0) is 17.7. The van der Waals surface area contributed by atoms with Gasteiger partial charge < -0.3 is 20.1 Å². The number of aryl methyl sites for hydroxylation is 1. The summed E-state index contributed by atoms with van der Waals surface area (Å²) in [7, 11) is 3.24. The molecule has 134 valence electrons. The number of carbonyl (C=O) groups excluding carboxylic acids is 1. The molecule has 0 aromatic heterocycles. The minimum atomic E-state index is -0.0875. The highest BCUT2D eigenvalue weighted by molar-refractivity contribution is 5.78. The van der Waals surface area contributed by atoms with Crippen LogP contribution < -0.4 is 20.1 Å². The van der Waals surface area contributed by atoms with Gasteiger partial charge in [-0.1, -0.05) is 0 Å². The number of hydrogen-bond acceptors (Lipinski definition) is 5. The predicted octanol–water partition coefficient (Wildman–Crippen LogP) is 1.48. The van der Waals surface area contributed by atoms with Crippen molar-refractivity contribution in [3.8, 4) is 11.5 Å². The average molecular weight is 335 g/mol. The van der Waals surface area contributed by atoms with Gasteiger partial charge in [0, 0.05) is 25.7 Å². The summed E-state index contributed by atoms with van der Waals surface area (Å²) in [4.78, 5) is 14.6. The lowest BCUT2D eigenvalue weighted by molar-refractivity contribution is -0.123. The molecule has 2 N–H and O–H groups in total. The van der Waals surface area contributed by atoms with E-state index in [1.807, 2.05) is 26.0 Å². The second kappa shape index (κ2) is 8.35. The standard InChI is InChI=1S/C18H29N3O3/c1-12-8-16(23-4)17(24-5)9-15(12)14(3)20-18(22)11-21-7-6-19-10-13(21)2/h8-9,13-14,19H,6-7,10-11H2,1-5H3,(H,20,22)/t13-,14?/m0/s1. The van der Waals surface area contributed by atoms with Crippen LogP contribution in [0.2, 0.25) is 0 Å². The first-order valence-electron chi connectivity index (χ1n) is 8.43. The molecule has 6 heteroatoms. The van der Waals surface area contributed by atoms with Crippen molar-refractivity contribution in [2.24, 2.45) is 0 Å². The SMILES string of the molecule is COc1cc(C)c(C(C)NC(=O)CN2CCNC[C@@H]2C)cc1OC. The van der Waals surface area contributed by atoms with Gasteiger partial charge in [-0.15, -0.1) is 0 Å². The fraction of sp³-hybridized carbons (Fsp3) is 0.611. The van der Waals surface area contributed by atoms with Gasteiger partial charge in [0.1, 0.15) is 0 Å². The molecule has 0 aliphatic carbocycles. The molecule has 0 radical (unpaired) electrons. The van der Waals surface area contributed by atoms with Gasteiger partial charge in [-0.05, 0) is 44.0 Å². The van der Waals surface area contributed by atoms with Crippen LogP contribution in [0.15, 0.2) is 12.1 Å². The molecule has 0 spiro atoms. The van der Waals surface area contributed by atoms with Crippen LogP contribution in [0.5, 0.6) is 11.5 Å². The average Bonchev–Trinajstić information content (AvgIpc) is 2.56. The van der Waals surface area contributed by atoms with Crippen molar-refractivity contribution in [2.45, 2.75) is 32.9 Å². The zero-order valence-electron chi connectivity index (χ0n) is 15.3. The third-order valence-corrected chi connectivity index (χ3v) is 4.60. The molecule has 1 aliphatic rings. The predicted molar refractivity (Wildman–Crippen MR) is 94.7 cm³/mol. The van der Waals surface area contributed by atoms with Crippen LogP contribution >= 0.6 is 0 Å². The van der Waals surface area contributed by atoms with E-state index in [2.05, 4.69) is 22.5 Å². The summed E-state index contributed by atoms with van der Waals surface area (Å²) in [6.45, 7) is 9.34. The number of rotatable bonds is 6. The van der Waals surface area contributed by atoms with Crippen molar-refractivity contribution in [3.05, 3.63) is 23.3 Å². The number of nitrogens with zero attached hydrogens (tertiary/aromatic N) is 1. The largest absolute Gasteiger partial charge is 0.493 e. The maximum Gasteiger partial charge on any atom is 0.234 e. The Morgan fingerprint density at radius 2 is 2.04 bits per heavy atom. The van der Waals surface area contributed by atoms with Crippen LogP contribution in [0.25, 0.3) is 0 Å². The van der Waals surface area contributed by atoms with Crippen molar-refractivity contribution in [1.29, 1.82) is 0 Å². The lowest BCUT2D eigenvalue weighted by atomic mass is 10.0. The first-order valence-corrected chi connectivity index (χ1v) is 8.43. The van der Waals surface area contributed by atoms with Gasteiger partial charge in [-0.2, -0.15) is 0 Å². The summed E-state index contributed by atoms with van der Waals surface area (Å²) in [5.41, 5.74) is 2.10. The molecule has 2 atom stereocenters. The topological polar surface area (TPSA) is 62.8 Å². The van der Waals surface area contributed by atoms with Crippen LogP contribution in [-0.4, -0.2) is 57.2 Å². The Morgan fingerprint density at radius 3 is 2.67 bits per heavy atom. The Balaban J connectivity index is 2.03. The van der Waals surface area contributed by atoms with Crippen LogP contribution in [0, 0.1) is 6.92 Å². The summed E-state index contributed by atoms with van der Waals surface area (Å²) >= 11 is 0. The molecule has 24 heavy (non-hydrogen) atoms. The zero-order valence-corrected chi connectivity index (χ0v) is 15.3. The van der Waals surface area contributed by atoms with Crippen LogP contribution in [0.1, 0.15) is 31.0 Å². The number of hydrogen-bond donors (Lipinski definition) is 2. The fourth-order valence-corrected chi connectivity index (χ4v) is 3.13. The molecule has 1 saturated heterocycles. The highest BCUT2D eigenvalue weighted by atomic mass is 16.5. The van der Waals surface area contributed by atoms with Gasteiger partial charge >= 0.3 is 0 Å². The van der Waals surface area contributed by atoms with E-state index in [1.54, 1.807) is 14.2 Å². The van der Waals surface area contributed by atoms with Crippen LogP contribution in [-0.2, 0) is 4.79 Å². The highest BCUT2D eigenvalue weighted by Gasteiger charge is 2.22. The van der Waals surface area contributed by atoms with E-state index in [-0.39, 0.29) is 11.9 Å². The number of amides is 1. The number of piperazine rings is 1. The van der Waals surface area contributed by atoms with E-state index < -0.39 is 0 Å². The van der Waals surface area contributed by atoms with E-state index in [1.165, 1.54) is 0 Å². The van der Waals surface area contributed by atoms with Gasteiger partial charge in [0.2, 0.25) is 5.91 Å². The third kappa shape index (κ3) is 4.39. The Morgan fingerprint density at radius 1 is 1.38 bits per heavy atom. The van der Waals surface area contributed by atoms with Crippen LogP contribution in [0.3, 0.4) is 0 Å². The molecular weight excluding hydrogens is 306 g/mol. The molecule has 1 amide bonds. The van der Waals surface area contributed by atoms with Crippen molar-refractivity contribution >= 4 is 5.91 Å². The Kier molecular flexibility index (Phi) is 6.45. The normalized spacial score (nSPS) is 19.6. The molecular formula is C18H29N3O3. The third-order valence-electron chi connectivity index (χ3n) is 4.60. The second-order valence-electron chi connectivity index (χ2n) is 6.38. The van der Waals surface area contributed by atoms with Crippen molar-refractivity contribution in [3.63, 3.8) is 0 Å². The summed E-state index contributed by atoms with van der Waals surface area (Å²) in [5.74, 6) is 1.42. The van der Waals surface area contributed by atoms with Crippen molar-refractivity contribution in [1.82, 2.24) is 15.5 Å². The molecule has 1 aliphatic heterocycles. The van der Waals surface area contributed by atoms with Crippen molar-refractivity contribution < 1.29 is 14.3 Å². The van der Waals surface area contributed by atoms with E-state index in [0.29, 0.717) is 24.1 Å². The number of ether oxygens (including phenoxy) is 2. The quantitative estimate of drug-likeness (QED) is 0.825. The van der Waals surface area contributed by atoms with Crippen molar-refractivity contribution in [2.75, 3.05) is 40.4 Å². The molecule has 0 bridgehead atoms. The minimum Gasteiger partial charge on any atom is -0.493 e. The highest BCUT2D eigenvalue weighted by Crippen LogP contribution is 2.32. The van der Waals surface area contributed by atoms with E-state index >= 15 is 0 Å². The molecule has 1 unspecified atom stereocenters.